The number of aromatic nitrogens is 1. The first-order valence-electron chi connectivity index (χ1n) is 4.38. The molecule has 0 aromatic carbocycles. The lowest BCUT2D eigenvalue weighted by Crippen LogP contribution is -1.91. The molecule has 0 saturated heterocycles. The number of aliphatic hydroxyl groups excluding tert-OH is 1. The SMILES string of the molecule is COc1ncc(C#CCCO)cc1C. The summed E-state index contributed by atoms with van der Waals surface area (Å²) in [6.07, 6.45) is 2.15. The number of pyridine rings is 1. The van der Waals surface area contributed by atoms with E-state index >= 15 is 0 Å². The monoisotopic (exact) mass is 191 g/mol. The zero-order valence-electron chi connectivity index (χ0n) is 8.37. The van der Waals surface area contributed by atoms with Crippen LogP contribution in [0.4, 0.5) is 0 Å². The molecule has 0 radical (unpaired) electrons. The minimum absolute atomic E-state index is 0.0928. The van der Waals surface area contributed by atoms with Crippen LogP contribution in [0.2, 0.25) is 0 Å². The molecule has 1 aromatic rings. The van der Waals surface area contributed by atoms with Crippen molar-refractivity contribution in [3.05, 3.63) is 23.4 Å². The normalized spacial score (nSPS) is 9.07. The molecule has 1 heterocycles. The Hall–Kier alpha value is -1.53. The highest BCUT2D eigenvalue weighted by Crippen LogP contribution is 2.13. The van der Waals surface area contributed by atoms with E-state index in [4.69, 9.17) is 9.84 Å². The van der Waals surface area contributed by atoms with E-state index in [9.17, 15) is 0 Å². The number of hydrogen-bond donors (Lipinski definition) is 1. The Morgan fingerprint density at radius 2 is 2.36 bits per heavy atom. The van der Waals surface area contributed by atoms with Crippen molar-refractivity contribution >= 4 is 0 Å². The second kappa shape index (κ2) is 5.25. The van der Waals surface area contributed by atoms with Gasteiger partial charge in [0.15, 0.2) is 0 Å². The highest BCUT2D eigenvalue weighted by atomic mass is 16.5. The van der Waals surface area contributed by atoms with E-state index in [2.05, 4.69) is 16.8 Å². The molecule has 14 heavy (non-hydrogen) atoms. The van der Waals surface area contributed by atoms with Crippen molar-refractivity contribution in [2.24, 2.45) is 0 Å². The quantitative estimate of drug-likeness (QED) is 0.712. The molecule has 3 nitrogen and oxygen atoms in total. The van der Waals surface area contributed by atoms with Crippen LogP contribution in [0, 0.1) is 18.8 Å². The number of hydrogen-bond acceptors (Lipinski definition) is 3. The van der Waals surface area contributed by atoms with Gasteiger partial charge >= 0.3 is 0 Å². The average molecular weight is 191 g/mol. The Morgan fingerprint density at radius 3 is 2.93 bits per heavy atom. The fourth-order valence-corrected chi connectivity index (χ4v) is 1.06. The van der Waals surface area contributed by atoms with Crippen molar-refractivity contribution < 1.29 is 9.84 Å². The largest absolute Gasteiger partial charge is 0.481 e. The summed E-state index contributed by atoms with van der Waals surface area (Å²) in [5, 5.41) is 8.54. The summed E-state index contributed by atoms with van der Waals surface area (Å²) in [6.45, 7) is 2.01. The maximum absolute atomic E-state index is 8.54. The van der Waals surface area contributed by atoms with E-state index in [1.54, 1.807) is 13.3 Å². The molecule has 0 bridgehead atoms. The summed E-state index contributed by atoms with van der Waals surface area (Å²) in [4.78, 5) is 4.09. The van der Waals surface area contributed by atoms with Gasteiger partial charge in [-0.15, -0.1) is 0 Å². The lowest BCUT2D eigenvalue weighted by Gasteiger charge is -2.01. The molecule has 3 heteroatoms. The molecule has 0 spiro atoms. The molecule has 1 rings (SSSR count). The molecular weight excluding hydrogens is 178 g/mol. The van der Waals surface area contributed by atoms with Crippen LogP contribution in [0.25, 0.3) is 0 Å². The third-order valence-corrected chi connectivity index (χ3v) is 1.69. The summed E-state index contributed by atoms with van der Waals surface area (Å²) in [5.41, 5.74) is 1.81. The second-order valence-corrected chi connectivity index (χ2v) is 2.83. The van der Waals surface area contributed by atoms with Crippen molar-refractivity contribution in [3.8, 4) is 17.7 Å². The fourth-order valence-electron chi connectivity index (χ4n) is 1.06. The number of rotatable bonds is 2. The van der Waals surface area contributed by atoms with Gasteiger partial charge in [-0.2, -0.15) is 0 Å². The zero-order chi connectivity index (χ0) is 10.4. The van der Waals surface area contributed by atoms with Gasteiger partial charge in [0.05, 0.1) is 13.7 Å². The molecule has 0 aliphatic heterocycles. The molecule has 0 unspecified atom stereocenters. The molecule has 1 N–H and O–H groups in total. The van der Waals surface area contributed by atoms with Crippen LogP contribution < -0.4 is 4.74 Å². The highest BCUT2D eigenvalue weighted by molar-refractivity contribution is 5.38. The van der Waals surface area contributed by atoms with Gasteiger partial charge in [-0.1, -0.05) is 11.8 Å². The Bertz CT molecular complexity index is 363. The third-order valence-electron chi connectivity index (χ3n) is 1.69. The van der Waals surface area contributed by atoms with E-state index in [0.29, 0.717) is 12.3 Å². The fraction of sp³-hybridized carbons (Fsp3) is 0.364. The number of aryl methyl sites for hydroxylation is 1. The van der Waals surface area contributed by atoms with E-state index < -0.39 is 0 Å². The van der Waals surface area contributed by atoms with Crippen molar-refractivity contribution in [1.82, 2.24) is 4.98 Å². The van der Waals surface area contributed by atoms with Gasteiger partial charge in [0.25, 0.3) is 0 Å². The first-order chi connectivity index (χ1) is 6.77. The molecule has 0 aliphatic rings. The Kier molecular flexibility index (Phi) is 3.96. The zero-order valence-corrected chi connectivity index (χ0v) is 8.37. The molecule has 0 atom stereocenters. The smallest absolute Gasteiger partial charge is 0.215 e. The maximum Gasteiger partial charge on any atom is 0.215 e. The van der Waals surface area contributed by atoms with Crippen molar-refractivity contribution in [2.45, 2.75) is 13.3 Å². The average Bonchev–Trinajstić information content (AvgIpc) is 2.18. The highest BCUT2D eigenvalue weighted by Gasteiger charge is 1.98. The van der Waals surface area contributed by atoms with Crippen molar-refractivity contribution in [1.29, 1.82) is 0 Å². The minimum Gasteiger partial charge on any atom is -0.481 e. The summed E-state index contributed by atoms with van der Waals surface area (Å²) >= 11 is 0. The minimum atomic E-state index is 0.0928. The van der Waals surface area contributed by atoms with Gasteiger partial charge in [-0.3, -0.25) is 0 Å². The number of ether oxygens (including phenoxy) is 1. The van der Waals surface area contributed by atoms with E-state index in [0.717, 1.165) is 11.1 Å². The van der Waals surface area contributed by atoms with Crippen LogP contribution in [0.5, 0.6) is 5.88 Å². The Balaban J connectivity index is 2.82. The first-order valence-corrected chi connectivity index (χ1v) is 4.38. The number of methoxy groups -OCH3 is 1. The molecule has 0 saturated carbocycles. The molecule has 0 fully saturated rings. The van der Waals surface area contributed by atoms with Crippen molar-refractivity contribution in [3.63, 3.8) is 0 Å². The van der Waals surface area contributed by atoms with Crippen LogP contribution in [0.15, 0.2) is 12.3 Å². The van der Waals surface area contributed by atoms with E-state index in [-0.39, 0.29) is 6.61 Å². The number of aliphatic hydroxyl groups is 1. The summed E-state index contributed by atoms with van der Waals surface area (Å²) in [5.74, 6) is 6.37. The molecule has 0 aliphatic carbocycles. The first kappa shape index (κ1) is 10.6. The summed E-state index contributed by atoms with van der Waals surface area (Å²) in [6, 6.07) is 1.91. The molecule has 1 aromatic heterocycles. The van der Waals surface area contributed by atoms with E-state index in [1.165, 1.54) is 0 Å². The predicted molar refractivity (Wildman–Crippen MR) is 54.1 cm³/mol. The van der Waals surface area contributed by atoms with Crippen LogP contribution in [-0.2, 0) is 0 Å². The van der Waals surface area contributed by atoms with E-state index in [1.807, 2.05) is 13.0 Å². The lowest BCUT2D eigenvalue weighted by molar-refractivity contribution is 0.305. The third kappa shape index (κ3) is 2.75. The van der Waals surface area contributed by atoms with Gasteiger partial charge < -0.3 is 9.84 Å². The summed E-state index contributed by atoms with van der Waals surface area (Å²) < 4.78 is 5.03. The standard InChI is InChI=1S/C11H13NO2/c1-9-7-10(5-3-4-6-13)8-12-11(9)14-2/h7-8,13H,4,6H2,1-2H3. The van der Waals surface area contributed by atoms with Gasteiger partial charge in [0.1, 0.15) is 0 Å². The lowest BCUT2D eigenvalue weighted by atomic mass is 10.2. The number of nitrogens with zero attached hydrogens (tertiary/aromatic N) is 1. The summed E-state index contributed by atoms with van der Waals surface area (Å²) in [7, 11) is 1.59. The van der Waals surface area contributed by atoms with Crippen LogP contribution in [0.3, 0.4) is 0 Å². The Morgan fingerprint density at radius 1 is 1.57 bits per heavy atom. The second-order valence-electron chi connectivity index (χ2n) is 2.83. The van der Waals surface area contributed by atoms with Crippen LogP contribution in [0.1, 0.15) is 17.5 Å². The van der Waals surface area contributed by atoms with Gasteiger partial charge in [0, 0.05) is 23.7 Å². The van der Waals surface area contributed by atoms with Crippen molar-refractivity contribution in [2.75, 3.05) is 13.7 Å². The van der Waals surface area contributed by atoms with Crippen LogP contribution >= 0.6 is 0 Å². The maximum atomic E-state index is 8.54. The van der Waals surface area contributed by atoms with Gasteiger partial charge in [-0.05, 0) is 13.0 Å². The van der Waals surface area contributed by atoms with Gasteiger partial charge in [-0.25, -0.2) is 4.98 Å². The molecule has 74 valence electrons. The molecular formula is C11H13NO2. The topological polar surface area (TPSA) is 42.4 Å². The van der Waals surface area contributed by atoms with Gasteiger partial charge in [0.2, 0.25) is 5.88 Å². The van der Waals surface area contributed by atoms with Crippen LogP contribution in [-0.4, -0.2) is 23.8 Å². The molecule has 0 amide bonds. The predicted octanol–water partition coefficient (Wildman–Crippen LogP) is 1.13. The Labute approximate surface area is 83.7 Å².